The summed E-state index contributed by atoms with van der Waals surface area (Å²) in [6.45, 7) is 3.06. The molecular weight excluding hydrogens is 288 g/mol. The van der Waals surface area contributed by atoms with Crippen LogP contribution in [0.2, 0.25) is 0 Å². The van der Waals surface area contributed by atoms with Crippen molar-refractivity contribution in [2.24, 2.45) is 0 Å². The lowest BCUT2D eigenvalue weighted by Crippen LogP contribution is -2.44. The molecule has 0 unspecified atom stereocenters. The van der Waals surface area contributed by atoms with Gasteiger partial charge in [0.2, 0.25) is 0 Å². The van der Waals surface area contributed by atoms with E-state index in [1.165, 1.54) is 64.2 Å². The van der Waals surface area contributed by atoms with E-state index in [0.717, 1.165) is 33.3 Å². The SMILES string of the molecule is CCOC1CCC([S+](C2CCCCC2)C2CCCCC2)CC1. The second-order valence-corrected chi connectivity index (χ2v) is 10.6. The maximum Gasteiger partial charge on any atom is 0.119 e. The van der Waals surface area contributed by atoms with Gasteiger partial charge in [-0.1, -0.05) is 12.8 Å². The van der Waals surface area contributed by atoms with Crippen molar-refractivity contribution in [1.82, 2.24) is 0 Å². The smallest absolute Gasteiger partial charge is 0.119 e. The van der Waals surface area contributed by atoms with E-state index in [0.29, 0.717) is 6.10 Å². The molecule has 3 saturated carbocycles. The molecule has 0 saturated heterocycles. The Labute approximate surface area is 141 Å². The van der Waals surface area contributed by atoms with Crippen LogP contribution in [0.3, 0.4) is 0 Å². The van der Waals surface area contributed by atoms with Crippen molar-refractivity contribution in [1.29, 1.82) is 0 Å². The molecule has 0 spiro atoms. The lowest BCUT2D eigenvalue weighted by molar-refractivity contribution is 0.0376. The van der Waals surface area contributed by atoms with Crippen LogP contribution in [-0.2, 0) is 15.6 Å². The largest absolute Gasteiger partial charge is 0.379 e. The van der Waals surface area contributed by atoms with Gasteiger partial charge < -0.3 is 4.74 Å². The first kappa shape index (κ1) is 17.1. The summed E-state index contributed by atoms with van der Waals surface area (Å²) >= 11 is 0. The van der Waals surface area contributed by atoms with Crippen molar-refractivity contribution >= 4 is 10.9 Å². The molecule has 0 aromatic heterocycles. The molecule has 2 heteroatoms. The molecule has 3 aliphatic rings. The predicted octanol–water partition coefficient (Wildman–Crippen LogP) is 5.62. The third kappa shape index (κ3) is 4.44. The zero-order chi connectivity index (χ0) is 15.2. The Balaban J connectivity index is 1.62. The first-order valence-corrected chi connectivity index (χ1v) is 11.6. The van der Waals surface area contributed by atoms with Crippen LogP contribution in [0, 0.1) is 0 Å². The monoisotopic (exact) mass is 325 g/mol. The van der Waals surface area contributed by atoms with Crippen molar-refractivity contribution in [2.75, 3.05) is 6.61 Å². The van der Waals surface area contributed by atoms with Gasteiger partial charge in [-0.05, 0) is 94.9 Å². The average molecular weight is 326 g/mol. The average Bonchev–Trinajstić information content (AvgIpc) is 2.59. The zero-order valence-corrected chi connectivity index (χ0v) is 15.5. The van der Waals surface area contributed by atoms with E-state index in [1.54, 1.807) is 25.7 Å². The number of ether oxygens (including phenoxy) is 1. The van der Waals surface area contributed by atoms with Crippen LogP contribution in [0.1, 0.15) is 96.8 Å². The third-order valence-electron chi connectivity index (χ3n) is 6.28. The highest BCUT2D eigenvalue weighted by Crippen LogP contribution is 2.40. The van der Waals surface area contributed by atoms with Crippen LogP contribution in [0.5, 0.6) is 0 Å². The molecule has 3 rings (SSSR count). The highest BCUT2D eigenvalue weighted by atomic mass is 32.2. The van der Waals surface area contributed by atoms with Gasteiger partial charge >= 0.3 is 0 Å². The summed E-state index contributed by atoms with van der Waals surface area (Å²) in [6, 6.07) is 0. The Morgan fingerprint density at radius 2 is 1.09 bits per heavy atom. The first-order valence-electron chi connectivity index (χ1n) is 10.2. The number of rotatable bonds is 5. The Bertz CT molecular complexity index is 281. The molecule has 0 aromatic rings. The highest BCUT2D eigenvalue weighted by molar-refractivity contribution is 7.98. The minimum absolute atomic E-state index is 0.587. The van der Waals surface area contributed by atoms with Gasteiger partial charge in [-0.2, -0.15) is 0 Å². The topological polar surface area (TPSA) is 9.23 Å². The van der Waals surface area contributed by atoms with Gasteiger partial charge in [0.1, 0.15) is 15.7 Å². The fourth-order valence-corrected chi connectivity index (χ4v) is 9.40. The van der Waals surface area contributed by atoms with Crippen molar-refractivity contribution in [3.63, 3.8) is 0 Å². The molecular formula is C20H37OS+. The van der Waals surface area contributed by atoms with Gasteiger partial charge in [0.25, 0.3) is 0 Å². The molecule has 1 nitrogen and oxygen atoms in total. The van der Waals surface area contributed by atoms with Gasteiger partial charge in [-0.25, -0.2) is 0 Å². The molecule has 0 heterocycles. The maximum absolute atomic E-state index is 5.90. The molecule has 22 heavy (non-hydrogen) atoms. The molecule has 0 aliphatic heterocycles. The fraction of sp³-hybridized carbons (Fsp3) is 1.00. The van der Waals surface area contributed by atoms with Crippen molar-refractivity contribution < 1.29 is 4.74 Å². The van der Waals surface area contributed by atoms with Crippen molar-refractivity contribution in [3.05, 3.63) is 0 Å². The molecule has 0 aromatic carbocycles. The van der Waals surface area contributed by atoms with Crippen LogP contribution in [0.4, 0.5) is 0 Å². The Morgan fingerprint density at radius 3 is 1.55 bits per heavy atom. The number of hydrogen-bond acceptors (Lipinski definition) is 1. The lowest BCUT2D eigenvalue weighted by atomic mass is 9.97. The van der Waals surface area contributed by atoms with Gasteiger partial charge in [0.15, 0.2) is 0 Å². The molecule has 0 atom stereocenters. The normalized spacial score (nSPS) is 32.5. The lowest BCUT2D eigenvalue weighted by Gasteiger charge is -2.37. The van der Waals surface area contributed by atoms with E-state index in [2.05, 4.69) is 6.92 Å². The third-order valence-corrected chi connectivity index (χ3v) is 10.0. The molecule has 3 fully saturated rings. The Kier molecular flexibility index (Phi) is 6.99. The second kappa shape index (κ2) is 8.97. The van der Waals surface area contributed by atoms with Crippen LogP contribution in [0.15, 0.2) is 0 Å². The van der Waals surface area contributed by atoms with E-state index in [1.807, 2.05) is 0 Å². The fourth-order valence-electron chi connectivity index (χ4n) is 5.20. The summed E-state index contributed by atoms with van der Waals surface area (Å²) in [5, 5.41) is 3.26. The van der Waals surface area contributed by atoms with Gasteiger partial charge in [0.05, 0.1) is 6.10 Å². The van der Waals surface area contributed by atoms with E-state index in [9.17, 15) is 0 Å². The maximum atomic E-state index is 5.90. The zero-order valence-electron chi connectivity index (χ0n) is 14.7. The standard InChI is InChI=1S/C20H37OS/c1-2-21-17-13-15-20(16-14-17)22(18-9-5-3-6-10-18)19-11-7-4-8-12-19/h17-20H,2-16H2,1H3/q+1. The van der Waals surface area contributed by atoms with Crippen molar-refractivity contribution in [3.8, 4) is 0 Å². The van der Waals surface area contributed by atoms with Crippen LogP contribution >= 0.6 is 0 Å². The predicted molar refractivity (Wildman–Crippen MR) is 98.8 cm³/mol. The minimum atomic E-state index is 0.587. The van der Waals surface area contributed by atoms with Crippen LogP contribution < -0.4 is 0 Å². The summed E-state index contributed by atoms with van der Waals surface area (Å²) in [6.07, 6.45) is 21.6. The summed E-state index contributed by atoms with van der Waals surface area (Å²) in [7, 11) is 0.742. The molecule has 0 amide bonds. The summed E-state index contributed by atoms with van der Waals surface area (Å²) in [4.78, 5) is 0. The van der Waals surface area contributed by atoms with Crippen LogP contribution in [0.25, 0.3) is 0 Å². The van der Waals surface area contributed by atoms with Crippen molar-refractivity contribution in [2.45, 2.75) is 119 Å². The van der Waals surface area contributed by atoms with E-state index in [-0.39, 0.29) is 0 Å². The second-order valence-electron chi connectivity index (χ2n) is 7.78. The molecule has 0 bridgehead atoms. The quantitative estimate of drug-likeness (QED) is 0.596. The first-order chi connectivity index (χ1) is 10.9. The highest BCUT2D eigenvalue weighted by Gasteiger charge is 2.46. The van der Waals surface area contributed by atoms with E-state index in [4.69, 9.17) is 4.74 Å². The summed E-state index contributed by atoms with van der Waals surface area (Å²) in [5.74, 6) is 0. The Morgan fingerprint density at radius 1 is 0.636 bits per heavy atom. The summed E-state index contributed by atoms with van der Waals surface area (Å²) in [5.41, 5.74) is 0. The molecule has 0 N–H and O–H groups in total. The minimum Gasteiger partial charge on any atom is -0.379 e. The number of hydrogen-bond donors (Lipinski definition) is 0. The van der Waals surface area contributed by atoms with Crippen LogP contribution in [-0.4, -0.2) is 28.5 Å². The van der Waals surface area contributed by atoms with E-state index < -0.39 is 0 Å². The molecule has 3 aliphatic carbocycles. The van der Waals surface area contributed by atoms with Gasteiger partial charge in [-0.15, -0.1) is 0 Å². The van der Waals surface area contributed by atoms with Gasteiger partial charge in [-0.3, -0.25) is 0 Å². The Hall–Kier alpha value is 0.310. The summed E-state index contributed by atoms with van der Waals surface area (Å²) < 4.78 is 5.90. The van der Waals surface area contributed by atoms with Gasteiger partial charge in [0, 0.05) is 6.61 Å². The molecule has 128 valence electrons. The molecule has 0 radical (unpaired) electrons. The van der Waals surface area contributed by atoms with E-state index >= 15 is 0 Å².